The summed E-state index contributed by atoms with van der Waals surface area (Å²) in [6.07, 6.45) is 3.05. The summed E-state index contributed by atoms with van der Waals surface area (Å²) in [4.78, 5) is 13.0. The highest BCUT2D eigenvalue weighted by Crippen LogP contribution is 2.31. The molecule has 1 aliphatic carbocycles. The summed E-state index contributed by atoms with van der Waals surface area (Å²) in [5.41, 5.74) is 0. The van der Waals surface area contributed by atoms with E-state index in [1.54, 1.807) is 0 Å². The van der Waals surface area contributed by atoms with Crippen LogP contribution in [-0.2, 0) is 4.79 Å². The van der Waals surface area contributed by atoms with Gasteiger partial charge in [-0.1, -0.05) is 13.8 Å². The number of carboxylic acids is 1. The van der Waals surface area contributed by atoms with Crippen LogP contribution in [0.5, 0.6) is 0 Å². The second-order valence-corrected chi connectivity index (χ2v) is 4.75. The largest absolute Gasteiger partial charge is 0.481 e. The summed E-state index contributed by atoms with van der Waals surface area (Å²) >= 11 is 0. The molecule has 0 bridgehead atoms. The molecule has 0 aromatic heterocycles. The number of hydrogen-bond donors (Lipinski definition) is 1. The van der Waals surface area contributed by atoms with Crippen LogP contribution in [0.4, 0.5) is 0 Å². The molecule has 0 radical (unpaired) electrons. The van der Waals surface area contributed by atoms with Gasteiger partial charge in [-0.3, -0.25) is 4.79 Å². The SMILES string of the molecule is CC(C)CCN(C)C1CCC1C(=O)O. The molecule has 0 aromatic carbocycles. The van der Waals surface area contributed by atoms with Gasteiger partial charge in [0.2, 0.25) is 0 Å². The molecule has 1 fully saturated rings. The minimum absolute atomic E-state index is 0.118. The van der Waals surface area contributed by atoms with Gasteiger partial charge in [-0.05, 0) is 38.8 Å². The van der Waals surface area contributed by atoms with Crippen LogP contribution < -0.4 is 0 Å². The maximum absolute atomic E-state index is 10.8. The van der Waals surface area contributed by atoms with Crippen molar-refractivity contribution in [1.82, 2.24) is 4.90 Å². The molecule has 2 atom stereocenters. The van der Waals surface area contributed by atoms with Gasteiger partial charge in [-0.15, -0.1) is 0 Å². The highest BCUT2D eigenvalue weighted by atomic mass is 16.4. The first kappa shape index (κ1) is 11.5. The Bertz CT molecular complexity index is 203. The zero-order valence-corrected chi connectivity index (χ0v) is 9.36. The van der Waals surface area contributed by atoms with Crippen molar-refractivity contribution in [3.8, 4) is 0 Å². The standard InChI is InChI=1S/C11H21NO2/c1-8(2)6-7-12(3)10-5-4-9(10)11(13)14/h8-10H,4-7H2,1-3H3,(H,13,14). The Labute approximate surface area is 86.1 Å². The first-order valence-corrected chi connectivity index (χ1v) is 5.45. The molecule has 0 aliphatic heterocycles. The number of nitrogens with zero attached hydrogens (tertiary/aromatic N) is 1. The Hall–Kier alpha value is -0.570. The fourth-order valence-electron chi connectivity index (χ4n) is 1.93. The van der Waals surface area contributed by atoms with Crippen molar-refractivity contribution in [3.05, 3.63) is 0 Å². The molecule has 14 heavy (non-hydrogen) atoms. The van der Waals surface area contributed by atoms with E-state index in [0.29, 0.717) is 5.92 Å². The molecule has 3 nitrogen and oxygen atoms in total. The monoisotopic (exact) mass is 199 g/mol. The van der Waals surface area contributed by atoms with Crippen molar-refractivity contribution in [2.24, 2.45) is 11.8 Å². The summed E-state index contributed by atoms with van der Waals surface area (Å²) in [5, 5.41) is 8.90. The summed E-state index contributed by atoms with van der Waals surface area (Å²) in [6, 6.07) is 0.284. The molecule has 0 saturated heterocycles. The van der Waals surface area contributed by atoms with E-state index in [1.807, 2.05) is 7.05 Å². The van der Waals surface area contributed by atoms with E-state index < -0.39 is 5.97 Å². The first-order valence-electron chi connectivity index (χ1n) is 5.45. The smallest absolute Gasteiger partial charge is 0.308 e. The van der Waals surface area contributed by atoms with Gasteiger partial charge in [0.05, 0.1) is 5.92 Å². The van der Waals surface area contributed by atoms with Crippen molar-refractivity contribution < 1.29 is 9.90 Å². The Morgan fingerprint density at radius 1 is 1.50 bits per heavy atom. The van der Waals surface area contributed by atoms with Crippen LogP contribution >= 0.6 is 0 Å². The van der Waals surface area contributed by atoms with E-state index in [2.05, 4.69) is 18.7 Å². The number of hydrogen-bond acceptors (Lipinski definition) is 2. The van der Waals surface area contributed by atoms with Gasteiger partial charge in [-0.2, -0.15) is 0 Å². The lowest BCUT2D eigenvalue weighted by molar-refractivity contribution is -0.148. The lowest BCUT2D eigenvalue weighted by Crippen LogP contribution is -2.48. The van der Waals surface area contributed by atoms with Crippen LogP contribution in [0.3, 0.4) is 0 Å². The fourth-order valence-corrected chi connectivity index (χ4v) is 1.93. The molecule has 3 heteroatoms. The normalized spacial score (nSPS) is 26.6. The number of carbonyl (C=O) groups is 1. The molecular weight excluding hydrogens is 178 g/mol. The van der Waals surface area contributed by atoms with Crippen molar-refractivity contribution >= 4 is 5.97 Å². The molecule has 1 rings (SSSR count). The molecule has 0 heterocycles. The third-order valence-corrected chi connectivity index (χ3v) is 3.18. The van der Waals surface area contributed by atoms with Crippen LogP contribution in [0.1, 0.15) is 33.1 Å². The molecular formula is C11H21NO2. The molecule has 1 aliphatic rings. The zero-order valence-electron chi connectivity index (χ0n) is 9.36. The Balaban J connectivity index is 2.30. The maximum atomic E-state index is 10.8. The molecule has 0 spiro atoms. The van der Waals surface area contributed by atoms with Gasteiger partial charge in [0.1, 0.15) is 0 Å². The summed E-state index contributed by atoms with van der Waals surface area (Å²) in [6.45, 7) is 5.42. The fraction of sp³-hybridized carbons (Fsp3) is 0.909. The van der Waals surface area contributed by atoms with Crippen molar-refractivity contribution in [2.75, 3.05) is 13.6 Å². The second kappa shape index (κ2) is 4.78. The lowest BCUT2D eigenvalue weighted by atomic mass is 9.78. The van der Waals surface area contributed by atoms with Crippen molar-refractivity contribution in [3.63, 3.8) is 0 Å². The van der Waals surface area contributed by atoms with Gasteiger partial charge < -0.3 is 10.0 Å². The first-order chi connectivity index (χ1) is 6.52. The summed E-state index contributed by atoms with van der Waals surface area (Å²) in [5.74, 6) is -0.0504. The Kier molecular flexibility index (Phi) is 3.93. The maximum Gasteiger partial charge on any atom is 0.308 e. The van der Waals surface area contributed by atoms with E-state index in [1.165, 1.54) is 0 Å². The van der Waals surface area contributed by atoms with Crippen molar-refractivity contribution in [1.29, 1.82) is 0 Å². The molecule has 0 aromatic rings. The lowest BCUT2D eigenvalue weighted by Gasteiger charge is -2.40. The van der Waals surface area contributed by atoms with E-state index in [9.17, 15) is 4.79 Å². The van der Waals surface area contributed by atoms with Crippen LogP contribution in [0.2, 0.25) is 0 Å². The number of carboxylic acid groups (broad SMARTS) is 1. The van der Waals surface area contributed by atoms with Gasteiger partial charge in [-0.25, -0.2) is 0 Å². The second-order valence-electron chi connectivity index (χ2n) is 4.75. The quantitative estimate of drug-likeness (QED) is 0.734. The minimum atomic E-state index is -0.627. The van der Waals surface area contributed by atoms with E-state index in [0.717, 1.165) is 25.8 Å². The van der Waals surface area contributed by atoms with Gasteiger partial charge in [0.15, 0.2) is 0 Å². The molecule has 0 amide bonds. The summed E-state index contributed by atoms with van der Waals surface area (Å²) in [7, 11) is 2.04. The third-order valence-electron chi connectivity index (χ3n) is 3.18. The third kappa shape index (κ3) is 2.71. The van der Waals surface area contributed by atoms with Gasteiger partial charge >= 0.3 is 5.97 Å². The summed E-state index contributed by atoms with van der Waals surface area (Å²) < 4.78 is 0. The Morgan fingerprint density at radius 3 is 2.50 bits per heavy atom. The van der Waals surface area contributed by atoms with Gasteiger partial charge in [0, 0.05) is 6.04 Å². The van der Waals surface area contributed by atoms with Crippen LogP contribution in [0.15, 0.2) is 0 Å². The van der Waals surface area contributed by atoms with E-state index in [4.69, 9.17) is 5.11 Å². The Morgan fingerprint density at radius 2 is 2.14 bits per heavy atom. The van der Waals surface area contributed by atoms with Crippen LogP contribution in [0, 0.1) is 11.8 Å². The average Bonchev–Trinajstić information content (AvgIpc) is 1.97. The topological polar surface area (TPSA) is 40.5 Å². The number of rotatable bonds is 5. The highest BCUT2D eigenvalue weighted by Gasteiger charge is 2.38. The molecule has 1 N–H and O–H groups in total. The molecule has 2 unspecified atom stereocenters. The van der Waals surface area contributed by atoms with Crippen LogP contribution in [-0.4, -0.2) is 35.6 Å². The van der Waals surface area contributed by atoms with E-state index >= 15 is 0 Å². The zero-order chi connectivity index (χ0) is 10.7. The average molecular weight is 199 g/mol. The number of aliphatic carboxylic acids is 1. The van der Waals surface area contributed by atoms with Gasteiger partial charge in [0.25, 0.3) is 0 Å². The van der Waals surface area contributed by atoms with Crippen LogP contribution in [0.25, 0.3) is 0 Å². The predicted molar refractivity (Wildman–Crippen MR) is 56.2 cm³/mol. The molecule has 1 saturated carbocycles. The highest BCUT2D eigenvalue weighted by molar-refractivity contribution is 5.72. The van der Waals surface area contributed by atoms with E-state index in [-0.39, 0.29) is 12.0 Å². The molecule has 82 valence electrons. The minimum Gasteiger partial charge on any atom is -0.481 e. The predicted octanol–water partition coefficient (Wildman–Crippen LogP) is 1.83. The van der Waals surface area contributed by atoms with Crippen molar-refractivity contribution in [2.45, 2.75) is 39.2 Å².